The van der Waals surface area contributed by atoms with Crippen LogP contribution in [0.5, 0.6) is 0 Å². The van der Waals surface area contributed by atoms with Crippen molar-refractivity contribution >= 4 is 42.0 Å². The van der Waals surface area contributed by atoms with Crippen LogP contribution in [0.15, 0.2) is 60.7 Å². The van der Waals surface area contributed by atoms with Gasteiger partial charge in [0.05, 0.1) is 22.4 Å². The number of aromatic nitrogens is 2. The molecule has 0 N–H and O–H groups in total. The van der Waals surface area contributed by atoms with Crippen molar-refractivity contribution < 1.29 is 13.1 Å². The number of benzene rings is 3. The Labute approximate surface area is 260 Å². The zero-order chi connectivity index (χ0) is 29.5. The van der Waals surface area contributed by atoms with Gasteiger partial charge in [0.25, 0.3) is 0 Å². The van der Waals surface area contributed by atoms with Crippen LogP contribution in [0.1, 0.15) is 74.9 Å². The second-order valence-corrected chi connectivity index (χ2v) is 12.2. The van der Waals surface area contributed by atoms with Gasteiger partial charge in [0.15, 0.2) is 0 Å². The summed E-state index contributed by atoms with van der Waals surface area (Å²) in [6, 6.07) is 22.7. The molecule has 41 heavy (non-hydrogen) atoms. The van der Waals surface area contributed by atoms with Gasteiger partial charge in [-0.25, -0.2) is 9.97 Å². The average Bonchev–Trinajstić information content (AvgIpc) is 3.02. The number of rotatable bonds is 8. The van der Waals surface area contributed by atoms with E-state index in [9.17, 15) is 0 Å². The van der Waals surface area contributed by atoms with Gasteiger partial charge in [0, 0.05) is 21.9 Å². The summed E-state index contributed by atoms with van der Waals surface area (Å²) in [5.41, 5.74) is 15.1. The van der Waals surface area contributed by atoms with Gasteiger partial charge in [-0.15, -0.1) is 0 Å². The molecule has 0 fully saturated rings. The molecule has 5 rings (SSSR count). The molecular formula is C36H40Cl2FeN2. The Kier molecular flexibility index (Phi) is 11.3. The molecule has 0 aliphatic heterocycles. The predicted octanol–water partition coefficient (Wildman–Crippen LogP) is 10.9. The van der Waals surface area contributed by atoms with Crippen molar-refractivity contribution in [1.29, 1.82) is 0 Å². The van der Waals surface area contributed by atoms with Gasteiger partial charge < -0.3 is 0 Å². The summed E-state index contributed by atoms with van der Waals surface area (Å²) in [6.45, 7) is 13.5. The van der Waals surface area contributed by atoms with E-state index in [0.29, 0.717) is 0 Å². The van der Waals surface area contributed by atoms with Gasteiger partial charge >= 0.3 is 33.3 Å². The molecule has 216 valence electrons. The molecule has 5 aromatic rings. The van der Waals surface area contributed by atoms with Crippen molar-refractivity contribution in [3.05, 3.63) is 94.0 Å². The second kappa shape index (κ2) is 14.7. The first-order valence-corrected chi connectivity index (χ1v) is 17.9. The first-order chi connectivity index (χ1) is 20.0. The van der Waals surface area contributed by atoms with Crippen LogP contribution in [0, 0.1) is 0 Å². The number of aryl methyl sites for hydroxylation is 6. The molecule has 2 nitrogen and oxygen atoms in total. The molecule has 0 unspecified atom stereocenters. The van der Waals surface area contributed by atoms with E-state index in [1.807, 2.05) is 0 Å². The fourth-order valence-electron chi connectivity index (χ4n) is 5.91. The van der Waals surface area contributed by atoms with Gasteiger partial charge in [0.2, 0.25) is 0 Å². The van der Waals surface area contributed by atoms with E-state index in [1.165, 1.54) is 44.5 Å². The predicted molar refractivity (Wildman–Crippen MR) is 176 cm³/mol. The summed E-state index contributed by atoms with van der Waals surface area (Å²) in [6.07, 6.45) is 6.12. The summed E-state index contributed by atoms with van der Waals surface area (Å²) < 4.78 is 0. The van der Waals surface area contributed by atoms with Crippen LogP contribution in [-0.4, -0.2) is 9.97 Å². The molecule has 0 saturated carbocycles. The minimum atomic E-state index is 0.194. The molecular weight excluding hydrogens is 587 g/mol. The Bertz CT molecular complexity index is 1490. The van der Waals surface area contributed by atoms with E-state index in [1.54, 1.807) is 0 Å². The minimum absolute atomic E-state index is 0.194. The Balaban J connectivity index is 0.00000124. The molecule has 2 heterocycles. The first kappa shape index (κ1) is 31.5. The Morgan fingerprint density at radius 2 is 0.780 bits per heavy atom. The van der Waals surface area contributed by atoms with Crippen molar-refractivity contribution in [3.8, 4) is 22.5 Å². The van der Waals surface area contributed by atoms with Crippen LogP contribution >= 0.6 is 20.2 Å². The van der Waals surface area contributed by atoms with Crippen LogP contribution in [-0.2, 0) is 51.7 Å². The van der Waals surface area contributed by atoms with Crippen molar-refractivity contribution in [2.45, 2.75) is 80.1 Å². The van der Waals surface area contributed by atoms with E-state index in [-0.39, 0.29) is 13.1 Å². The van der Waals surface area contributed by atoms with Gasteiger partial charge in [-0.2, -0.15) is 0 Å². The standard InChI is InChI=1S/C36H40N2.2ClH.Fe/c1-7-23-19-25(9-3)33(26(10-4)20-23)31-17-15-29-13-14-30-16-18-32(38-36(30)35(29)37-31)34-27(11-5)21-24(8-2)22-28(34)12-6;;;/h13-22H,7-12H2,1-6H3;2*1H;/q;;;+2/p-2. The van der Waals surface area contributed by atoms with E-state index >= 15 is 0 Å². The number of pyridine rings is 2. The molecule has 5 heteroatoms. The van der Waals surface area contributed by atoms with Crippen LogP contribution < -0.4 is 0 Å². The van der Waals surface area contributed by atoms with Gasteiger partial charge in [-0.05, 0) is 84.0 Å². The van der Waals surface area contributed by atoms with Gasteiger partial charge in [-0.1, -0.05) is 90.1 Å². The summed E-state index contributed by atoms with van der Waals surface area (Å²) in [7, 11) is 9.53. The number of halogens is 2. The fourth-order valence-corrected chi connectivity index (χ4v) is 5.91. The Morgan fingerprint density at radius 1 is 0.488 bits per heavy atom. The molecule has 0 saturated heterocycles. The molecule has 0 aliphatic carbocycles. The number of hydrogen-bond donors (Lipinski definition) is 0. The van der Waals surface area contributed by atoms with Gasteiger partial charge in [0.1, 0.15) is 0 Å². The molecule has 3 aromatic carbocycles. The van der Waals surface area contributed by atoms with E-state index in [0.717, 1.165) is 71.7 Å². The molecule has 0 bridgehead atoms. The SMILES string of the molecule is CCc1cc(CC)c(-c2ccc3ccc4ccc(-c5c(CC)cc(CC)cc5CC)nc4c3n2)c(CC)c1.[Cl][Fe][Cl]. The fraction of sp³-hybridized carbons (Fsp3) is 0.333. The van der Waals surface area contributed by atoms with Crippen molar-refractivity contribution in [3.63, 3.8) is 0 Å². The van der Waals surface area contributed by atoms with Crippen molar-refractivity contribution in [2.75, 3.05) is 0 Å². The maximum atomic E-state index is 5.33. The number of hydrogen-bond acceptors (Lipinski definition) is 2. The third kappa shape index (κ3) is 6.65. The monoisotopic (exact) mass is 626 g/mol. The van der Waals surface area contributed by atoms with E-state index in [4.69, 9.17) is 30.2 Å². The molecule has 0 aliphatic rings. The third-order valence-corrected chi connectivity index (χ3v) is 8.10. The van der Waals surface area contributed by atoms with Crippen LogP contribution in [0.25, 0.3) is 44.3 Å². The summed E-state index contributed by atoms with van der Waals surface area (Å²) >= 11 is 0.194. The van der Waals surface area contributed by atoms with Gasteiger partial charge in [-0.3, -0.25) is 0 Å². The topological polar surface area (TPSA) is 25.8 Å². The number of nitrogens with zero attached hydrogens (tertiary/aromatic N) is 2. The summed E-state index contributed by atoms with van der Waals surface area (Å²) in [5, 5.41) is 2.28. The number of fused-ring (bicyclic) bond motifs is 3. The molecule has 0 amide bonds. The zero-order valence-electron chi connectivity index (χ0n) is 25.0. The maximum absolute atomic E-state index is 5.33. The van der Waals surface area contributed by atoms with E-state index in [2.05, 4.69) is 102 Å². The molecule has 0 atom stereocenters. The quantitative estimate of drug-likeness (QED) is 0.126. The van der Waals surface area contributed by atoms with Crippen molar-refractivity contribution in [2.24, 2.45) is 0 Å². The second-order valence-electron chi connectivity index (χ2n) is 10.4. The zero-order valence-corrected chi connectivity index (χ0v) is 27.6. The van der Waals surface area contributed by atoms with Crippen LogP contribution in [0.2, 0.25) is 0 Å². The first-order valence-electron chi connectivity index (χ1n) is 14.8. The van der Waals surface area contributed by atoms with Crippen molar-refractivity contribution in [1.82, 2.24) is 9.97 Å². The average molecular weight is 627 g/mol. The van der Waals surface area contributed by atoms with Crippen LogP contribution in [0.4, 0.5) is 0 Å². The normalized spacial score (nSPS) is 11.2. The molecule has 0 radical (unpaired) electrons. The summed E-state index contributed by atoms with van der Waals surface area (Å²) in [4.78, 5) is 10.7. The van der Waals surface area contributed by atoms with E-state index < -0.39 is 0 Å². The molecule has 0 spiro atoms. The van der Waals surface area contributed by atoms with Crippen LogP contribution in [0.3, 0.4) is 0 Å². The Hall–Kier alpha value is -2.42. The molecule has 2 aromatic heterocycles. The third-order valence-electron chi connectivity index (χ3n) is 8.10. The Morgan fingerprint density at radius 3 is 1.05 bits per heavy atom. The summed E-state index contributed by atoms with van der Waals surface area (Å²) in [5.74, 6) is 0.